The smallest absolute Gasteiger partial charge is 0.220 e. The van der Waals surface area contributed by atoms with Crippen LogP contribution < -0.4 is 5.32 Å². The lowest BCUT2D eigenvalue weighted by atomic mass is 9.86. The molecule has 1 aromatic rings. The van der Waals surface area contributed by atoms with Crippen LogP contribution in [0.5, 0.6) is 0 Å². The SMILES string of the molecule is CC(NC(=O)CC1CC2CCC1C2)c1nccn1C. The standard InChI is InChI=1S/C15H23N3O/c1-10(15-16-5-6-18(15)2)17-14(19)9-13-8-11-3-4-12(13)7-11/h5-6,10-13H,3-4,7-9H2,1-2H3,(H,17,19). The zero-order valence-corrected chi connectivity index (χ0v) is 11.8. The van der Waals surface area contributed by atoms with Crippen LogP contribution in [0.2, 0.25) is 0 Å². The molecule has 4 unspecified atom stereocenters. The number of aromatic nitrogens is 2. The van der Waals surface area contributed by atoms with Gasteiger partial charge in [0.15, 0.2) is 0 Å². The Balaban J connectivity index is 1.53. The van der Waals surface area contributed by atoms with Gasteiger partial charge in [-0.3, -0.25) is 4.79 Å². The average Bonchev–Trinajstić information content (AvgIpc) is 3.04. The first-order valence-corrected chi connectivity index (χ1v) is 7.40. The minimum Gasteiger partial charge on any atom is -0.346 e. The van der Waals surface area contributed by atoms with Gasteiger partial charge in [0.1, 0.15) is 5.82 Å². The third-order valence-corrected chi connectivity index (χ3v) is 4.96. The molecule has 0 saturated heterocycles. The van der Waals surface area contributed by atoms with Crippen LogP contribution in [0.25, 0.3) is 0 Å². The maximum absolute atomic E-state index is 12.1. The van der Waals surface area contributed by atoms with Crippen LogP contribution in [0.3, 0.4) is 0 Å². The summed E-state index contributed by atoms with van der Waals surface area (Å²) in [4.78, 5) is 16.4. The van der Waals surface area contributed by atoms with Crippen molar-refractivity contribution >= 4 is 5.91 Å². The van der Waals surface area contributed by atoms with E-state index < -0.39 is 0 Å². The molecule has 0 aliphatic heterocycles. The van der Waals surface area contributed by atoms with E-state index in [0.29, 0.717) is 12.3 Å². The molecule has 1 aromatic heterocycles. The number of nitrogens with zero attached hydrogens (tertiary/aromatic N) is 2. The Hall–Kier alpha value is -1.32. The summed E-state index contributed by atoms with van der Waals surface area (Å²) in [6.07, 6.45) is 9.77. The molecule has 2 aliphatic carbocycles. The quantitative estimate of drug-likeness (QED) is 0.904. The summed E-state index contributed by atoms with van der Waals surface area (Å²) in [5.74, 6) is 3.47. The van der Waals surface area contributed by atoms with Gasteiger partial charge in [0.25, 0.3) is 0 Å². The molecule has 2 fully saturated rings. The Morgan fingerprint density at radius 2 is 2.37 bits per heavy atom. The highest BCUT2D eigenvalue weighted by Crippen LogP contribution is 2.49. The van der Waals surface area contributed by atoms with Crippen molar-refractivity contribution in [2.24, 2.45) is 24.8 Å². The number of rotatable bonds is 4. The van der Waals surface area contributed by atoms with E-state index in [4.69, 9.17) is 0 Å². The number of aryl methyl sites for hydroxylation is 1. The lowest BCUT2D eigenvalue weighted by Gasteiger charge is -2.22. The zero-order valence-electron chi connectivity index (χ0n) is 11.8. The second-order valence-corrected chi connectivity index (χ2v) is 6.32. The van der Waals surface area contributed by atoms with E-state index in [-0.39, 0.29) is 11.9 Å². The van der Waals surface area contributed by atoms with Gasteiger partial charge in [-0.25, -0.2) is 4.98 Å². The van der Waals surface area contributed by atoms with Gasteiger partial charge < -0.3 is 9.88 Å². The van der Waals surface area contributed by atoms with E-state index in [2.05, 4.69) is 10.3 Å². The molecule has 1 heterocycles. The third-order valence-electron chi connectivity index (χ3n) is 4.96. The molecule has 0 spiro atoms. The first-order valence-electron chi connectivity index (χ1n) is 7.40. The van der Waals surface area contributed by atoms with Crippen molar-refractivity contribution in [1.82, 2.24) is 14.9 Å². The number of fused-ring (bicyclic) bond motifs is 2. The Bertz CT molecular complexity index is 468. The Morgan fingerprint density at radius 3 is 2.95 bits per heavy atom. The fraction of sp³-hybridized carbons (Fsp3) is 0.733. The summed E-state index contributed by atoms with van der Waals surface area (Å²) >= 11 is 0. The molecule has 3 rings (SSSR count). The number of imidazole rings is 1. The number of amides is 1. The van der Waals surface area contributed by atoms with E-state index in [1.807, 2.05) is 24.7 Å². The number of hydrogen-bond acceptors (Lipinski definition) is 2. The highest BCUT2D eigenvalue weighted by molar-refractivity contribution is 5.76. The van der Waals surface area contributed by atoms with Crippen molar-refractivity contribution in [2.45, 2.75) is 45.1 Å². The molecule has 1 amide bonds. The van der Waals surface area contributed by atoms with E-state index in [1.165, 1.54) is 25.7 Å². The molecular formula is C15H23N3O. The largest absolute Gasteiger partial charge is 0.346 e. The Kier molecular flexibility index (Phi) is 3.33. The van der Waals surface area contributed by atoms with Crippen molar-refractivity contribution in [3.05, 3.63) is 18.2 Å². The molecule has 2 saturated carbocycles. The number of nitrogens with one attached hydrogen (secondary N) is 1. The average molecular weight is 261 g/mol. The molecule has 4 heteroatoms. The summed E-state index contributed by atoms with van der Waals surface area (Å²) in [6, 6.07) is -0.00825. The van der Waals surface area contributed by atoms with Crippen LogP contribution in [-0.4, -0.2) is 15.5 Å². The predicted octanol–water partition coefficient (Wildman–Crippen LogP) is 2.42. The van der Waals surface area contributed by atoms with Gasteiger partial charge in [-0.05, 0) is 43.9 Å². The second kappa shape index (κ2) is 4.99. The van der Waals surface area contributed by atoms with Crippen molar-refractivity contribution in [3.8, 4) is 0 Å². The lowest BCUT2D eigenvalue weighted by Crippen LogP contribution is -2.30. The van der Waals surface area contributed by atoms with Crippen LogP contribution in [0.15, 0.2) is 12.4 Å². The van der Waals surface area contributed by atoms with Crippen LogP contribution in [0, 0.1) is 17.8 Å². The highest BCUT2D eigenvalue weighted by Gasteiger charge is 2.40. The number of hydrogen-bond donors (Lipinski definition) is 1. The van der Waals surface area contributed by atoms with Gasteiger partial charge in [0.2, 0.25) is 5.91 Å². The fourth-order valence-electron chi connectivity index (χ4n) is 4.02. The molecule has 0 aromatic carbocycles. The van der Waals surface area contributed by atoms with Gasteiger partial charge >= 0.3 is 0 Å². The highest BCUT2D eigenvalue weighted by atomic mass is 16.1. The first-order chi connectivity index (χ1) is 9.13. The normalized spacial score (nSPS) is 30.5. The monoisotopic (exact) mass is 261 g/mol. The van der Waals surface area contributed by atoms with Crippen LogP contribution in [-0.2, 0) is 11.8 Å². The molecular weight excluding hydrogens is 238 g/mol. The number of carbonyl (C=O) groups is 1. The number of carbonyl (C=O) groups excluding carboxylic acids is 1. The van der Waals surface area contributed by atoms with Gasteiger partial charge in [-0.1, -0.05) is 6.42 Å². The van der Waals surface area contributed by atoms with E-state index in [9.17, 15) is 4.79 Å². The van der Waals surface area contributed by atoms with Gasteiger partial charge in [0.05, 0.1) is 6.04 Å². The Morgan fingerprint density at radius 1 is 1.53 bits per heavy atom. The van der Waals surface area contributed by atoms with Crippen LogP contribution >= 0.6 is 0 Å². The zero-order chi connectivity index (χ0) is 13.4. The van der Waals surface area contributed by atoms with Crippen LogP contribution in [0.4, 0.5) is 0 Å². The van der Waals surface area contributed by atoms with Crippen LogP contribution in [0.1, 0.15) is 50.9 Å². The second-order valence-electron chi connectivity index (χ2n) is 6.32. The summed E-state index contributed by atoms with van der Waals surface area (Å²) in [6.45, 7) is 2.00. The van der Waals surface area contributed by atoms with Crippen molar-refractivity contribution < 1.29 is 4.79 Å². The minimum absolute atomic E-state index is 0.00825. The van der Waals surface area contributed by atoms with E-state index in [0.717, 1.165) is 17.7 Å². The van der Waals surface area contributed by atoms with Crippen molar-refractivity contribution in [3.63, 3.8) is 0 Å². The molecule has 4 nitrogen and oxygen atoms in total. The van der Waals surface area contributed by atoms with E-state index in [1.54, 1.807) is 6.20 Å². The lowest BCUT2D eigenvalue weighted by molar-refractivity contribution is -0.123. The molecule has 1 N–H and O–H groups in total. The van der Waals surface area contributed by atoms with Gasteiger partial charge in [0, 0.05) is 25.9 Å². The minimum atomic E-state index is -0.00825. The first kappa shape index (κ1) is 12.7. The summed E-state index contributed by atoms with van der Waals surface area (Å²) < 4.78 is 1.96. The topological polar surface area (TPSA) is 46.9 Å². The van der Waals surface area contributed by atoms with Crippen molar-refractivity contribution in [1.29, 1.82) is 0 Å². The molecule has 2 aliphatic rings. The summed E-state index contributed by atoms with van der Waals surface area (Å²) in [5, 5.41) is 3.09. The summed E-state index contributed by atoms with van der Waals surface area (Å²) in [7, 11) is 1.96. The Labute approximate surface area is 114 Å². The molecule has 4 atom stereocenters. The van der Waals surface area contributed by atoms with Gasteiger partial charge in [-0.15, -0.1) is 0 Å². The maximum atomic E-state index is 12.1. The summed E-state index contributed by atoms with van der Waals surface area (Å²) in [5.41, 5.74) is 0. The molecule has 104 valence electrons. The van der Waals surface area contributed by atoms with E-state index >= 15 is 0 Å². The van der Waals surface area contributed by atoms with Crippen molar-refractivity contribution in [2.75, 3.05) is 0 Å². The fourth-order valence-corrected chi connectivity index (χ4v) is 4.02. The maximum Gasteiger partial charge on any atom is 0.220 e. The third kappa shape index (κ3) is 2.53. The predicted molar refractivity (Wildman–Crippen MR) is 73.3 cm³/mol. The van der Waals surface area contributed by atoms with Gasteiger partial charge in [-0.2, -0.15) is 0 Å². The molecule has 0 radical (unpaired) electrons. The molecule has 2 bridgehead atoms. The molecule has 19 heavy (non-hydrogen) atoms.